The van der Waals surface area contributed by atoms with Crippen molar-refractivity contribution in [2.24, 2.45) is 0 Å². The van der Waals surface area contributed by atoms with Gasteiger partial charge in [0.2, 0.25) is 0 Å². The van der Waals surface area contributed by atoms with Gasteiger partial charge in [-0.1, -0.05) is 30.0 Å². The van der Waals surface area contributed by atoms with Gasteiger partial charge in [-0.05, 0) is 18.2 Å². The van der Waals surface area contributed by atoms with Gasteiger partial charge < -0.3 is 0 Å². The number of nitro benzene ring substituents is 1. The molecule has 0 saturated heterocycles. The Morgan fingerprint density at radius 3 is 2.20 bits per heavy atom. The van der Waals surface area contributed by atoms with Crippen LogP contribution in [0.25, 0.3) is 0 Å². The first-order chi connectivity index (χ1) is 9.65. The summed E-state index contributed by atoms with van der Waals surface area (Å²) < 4.78 is 0. The fraction of sp³-hybridized carbons (Fsp3) is 0. The minimum Gasteiger partial charge on any atom is -0.258 e. The van der Waals surface area contributed by atoms with Gasteiger partial charge in [0, 0.05) is 11.0 Å². The highest BCUT2D eigenvalue weighted by atomic mass is 32.2. The highest BCUT2D eigenvalue weighted by Crippen LogP contribution is 2.36. The molecule has 2 aromatic rings. The standard InChI is InChI=1S/C14H7N3O2S/c15-8-10-6-13(17(18)19)14(7-11(10)9-16)20-12-4-2-1-3-5-12/h1-7H. The SMILES string of the molecule is N#Cc1cc(Sc2ccccc2)c([N+](=O)[O-])cc1C#N. The minimum atomic E-state index is -0.548. The Morgan fingerprint density at radius 2 is 1.65 bits per heavy atom. The molecule has 20 heavy (non-hydrogen) atoms. The summed E-state index contributed by atoms with van der Waals surface area (Å²) in [6.07, 6.45) is 0. The molecule has 2 aromatic carbocycles. The lowest BCUT2D eigenvalue weighted by Crippen LogP contribution is -1.94. The second kappa shape index (κ2) is 5.87. The van der Waals surface area contributed by atoms with Crippen LogP contribution in [0.5, 0.6) is 0 Å². The van der Waals surface area contributed by atoms with E-state index in [0.29, 0.717) is 4.90 Å². The van der Waals surface area contributed by atoms with Crippen LogP contribution in [0.3, 0.4) is 0 Å². The molecule has 0 aromatic heterocycles. The summed E-state index contributed by atoms with van der Waals surface area (Å²) >= 11 is 1.19. The molecule has 0 saturated carbocycles. The van der Waals surface area contributed by atoms with E-state index in [1.54, 1.807) is 6.07 Å². The summed E-state index contributed by atoms with van der Waals surface area (Å²) in [5, 5.41) is 29.0. The molecular weight excluding hydrogens is 274 g/mol. The van der Waals surface area contributed by atoms with Crippen molar-refractivity contribution in [3.63, 3.8) is 0 Å². The van der Waals surface area contributed by atoms with Crippen molar-refractivity contribution in [1.29, 1.82) is 10.5 Å². The summed E-state index contributed by atoms with van der Waals surface area (Å²) in [6.45, 7) is 0. The minimum absolute atomic E-state index is 0.0108. The summed E-state index contributed by atoms with van der Waals surface area (Å²) in [5.41, 5.74) is -0.0254. The summed E-state index contributed by atoms with van der Waals surface area (Å²) in [4.78, 5) is 11.7. The van der Waals surface area contributed by atoms with Crippen molar-refractivity contribution in [3.05, 3.63) is 63.7 Å². The van der Waals surface area contributed by atoms with E-state index in [2.05, 4.69) is 0 Å². The Kier molecular flexibility index (Phi) is 3.99. The zero-order valence-electron chi connectivity index (χ0n) is 10.1. The Balaban J connectivity index is 2.54. The van der Waals surface area contributed by atoms with E-state index in [9.17, 15) is 10.1 Å². The Labute approximate surface area is 119 Å². The van der Waals surface area contributed by atoms with Gasteiger partial charge >= 0.3 is 0 Å². The van der Waals surface area contributed by atoms with E-state index < -0.39 is 4.92 Å². The van der Waals surface area contributed by atoms with Crippen LogP contribution >= 0.6 is 11.8 Å². The molecule has 0 fully saturated rings. The Morgan fingerprint density at radius 1 is 1.05 bits per heavy atom. The lowest BCUT2D eigenvalue weighted by molar-refractivity contribution is -0.387. The monoisotopic (exact) mass is 281 g/mol. The van der Waals surface area contributed by atoms with E-state index >= 15 is 0 Å². The third kappa shape index (κ3) is 2.77. The zero-order chi connectivity index (χ0) is 14.5. The molecule has 0 N–H and O–H groups in total. The maximum absolute atomic E-state index is 11.1. The molecule has 6 heteroatoms. The molecule has 0 radical (unpaired) electrons. The van der Waals surface area contributed by atoms with Gasteiger partial charge in [-0.25, -0.2) is 0 Å². The first kappa shape index (κ1) is 13.6. The number of benzene rings is 2. The maximum atomic E-state index is 11.1. The lowest BCUT2D eigenvalue weighted by Gasteiger charge is -2.04. The summed E-state index contributed by atoms with van der Waals surface area (Å²) in [5.74, 6) is 0. The molecule has 0 amide bonds. The number of nitro groups is 1. The van der Waals surface area contributed by atoms with E-state index in [4.69, 9.17) is 10.5 Å². The molecule has 0 aliphatic rings. The topological polar surface area (TPSA) is 90.7 Å². The summed E-state index contributed by atoms with van der Waals surface area (Å²) in [7, 11) is 0. The summed E-state index contributed by atoms with van der Waals surface area (Å²) in [6, 6.07) is 15.3. The maximum Gasteiger partial charge on any atom is 0.284 e. The van der Waals surface area contributed by atoms with Crippen LogP contribution in [-0.2, 0) is 0 Å². The Bertz CT molecular complexity index is 745. The molecular formula is C14H7N3O2S. The van der Waals surface area contributed by atoms with Crippen molar-refractivity contribution in [2.45, 2.75) is 9.79 Å². The predicted molar refractivity (Wildman–Crippen MR) is 73.1 cm³/mol. The fourth-order valence-electron chi connectivity index (χ4n) is 1.59. The lowest BCUT2D eigenvalue weighted by atomic mass is 10.1. The van der Waals surface area contributed by atoms with Gasteiger partial charge in [0.1, 0.15) is 12.1 Å². The molecule has 0 aliphatic carbocycles. The van der Waals surface area contributed by atoms with Gasteiger partial charge in [0.05, 0.1) is 20.9 Å². The molecule has 96 valence electrons. The average Bonchev–Trinajstić information content (AvgIpc) is 2.47. The number of rotatable bonds is 3. The van der Waals surface area contributed by atoms with Gasteiger partial charge in [-0.15, -0.1) is 0 Å². The van der Waals surface area contributed by atoms with E-state index in [1.165, 1.54) is 17.8 Å². The molecule has 0 atom stereocenters. The van der Waals surface area contributed by atoms with Gasteiger partial charge in [0.25, 0.3) is 5.69 Å². The fourth-order valence-corrected chi connectivity index (χ4v) is 2.56. The Hall–Kier alpha value is -2.83. The number of hydrogen-bond acceptors (Lipinski definition) is 5. The number of hydrogen-bond donors (Lipinski definition) is 0. The van der Waals surface area contributed by atoms with E-state index in [1.807, 2.05) is 36.4 Å². The van der Waals surface area contributed by atoms with Crippen LogP contribution < -0.4 is 0 Å². The highest BCUT2D eigenvalue weighted by molar-refractivity contribution is 7.99. The number of nitrogens with zero attached hydrogens (tertiary/aromatic N) is 3. The van der Waals surface area contributed by atoms with Crippen molar-refractivity contribution >= 4 is 17.4 Å². The smallest absolute Gasteiger partial charge is 0.258 e. The second-order valence-electron chi connectivity index (χ2n) is 3.76. The molecule has 5 nitrogen and oxygen atoms in total. The zero-order valence-corrected chi connectivity index (χ0v) is 10.9. The third-order valence-electron chi connectivity index (χ3n) is 2.51. The van der Waals surface area contributed by atoms with Crippen LogP contribution in [0.15, 0.2) is 52.3 Å². The molecule has 0 unspecified atom stereocenters. The largest absolute Gasteiger partial charge is 0.284 e. The van der Waals surface area contributed by atoms with Crippen LogP contribution in [0.2, 0.25) is 0 Å². The normalized spacial score (nSPS) is 9.50. The molecule has 0 bridgehead atoms. The predicted octanol–water partition coefficient (Wildman–Crippen LogP) is 3.49. The van der Waals surface area contributed by atoms with Crippen LogP contribution in [0.4, 0.5) is 5.69 Å². The molecule has 0 heterocycles. The van der Waals surface area contributed by atoms with Crippen LogP contribution in [-0.4, -0.2) is 4.92 Å². The molecule has 0 aliphatic heterocycles. The van der Waals surface area contributed by atoms with Gasteiger partial charge in [-0.3, -0.25) is 10.1 Å². The first-order valence-corrected chi connectivity index (χ1v) is 6.33. The van der Waals surface area contributed by atoms with Crippen LogP contribution in [0.1, 0.15) is 11.1 Å². The van der Waals surface area contributed by atoms with Crippen LogP contribution in [0, 0.1) is 32.8 Å². The van der Waals surface area contributed by atoms with Gasteiger partial charge in [0.15, 0.2) is 0 Å². The van der Waals surface area contributed by atoms with E-state index in [-0.39, 0.29) is 16.8 Å². The van der Waals surface area contributed by atoms with E-state index in [0.717, 1.165) is 11.0 Å². The first-order valence-electron chi connectivity index (χ1n) is 5.51. The quantitative estimate of drug-likeness (QED) is 0.634. The highest BCUT2D eigenvalue weighted by Gasteiger charge is 2.19. The van der Waals surface area contributed by atoms with Crippen molar-refractivity contribution in [2.75, 3.05) is 0 Å². The second-order valence-corrected chi connectivity index (χ2v) is 4.88. The van der Waals surface area contributed by atoms with Crippen molar-refractivity contribution in [1.82, 2.24) is 0 Å². The molecule has 0 spiro atoms. The number of nitriles is 2. The molecule has 2 rings (SSSR count). The van der Waals surface area contributed by atoms with Gasteiger partial charge in [-0.2, -0.15) is 10.5 Å². The average molecular weight is 281 g/mol. The van der Waals surface area contributed by atoms with Crippen molar-refractivity contribution < 1.29 is 4.92 Å². The third-order valence-corrected chi connectivity index (χ3v) is 3.56. The van der Waals surface area contributed by atoms with Crippen molar-refractivity contribution in [3.8, 4) is 12.1 Å².